The SMILES string of the molecule is C[C@H](OC[C@@](C)(C=O)NC(=O)OC(C)(C)C)C(c1cccc(F)c1)c1cccc(F)c1. The summed E-state index contributed by atoms with van der Waals surface area (Å²) < 4.78 is 38.9. The molecule has 1 amide bonds. The van der Waals surface area contributed by atoms with E-state index >= 15 is 0 Å². The van der Waals surface area contributed by atoms with Crippen molar-refractivity contribution in [3.63, 3.8) is 0 Å². The minimum absolute atomic E-state index is 0.155. The molecule has 0 unspecified atom stereocenters. The van der Waals surface area contributed by atoms with E-state index in [0.29, 0.717) is 17.4 Å². The molecule has 0 bridgehead atoms. The molecule has 0 aliphatic heterocycles. The number of alkyl carbamates (subject to hydrolysis) is 1. The number of nitrogens with one attached hydrogen (secondary N) is 1. The Morgan fingerprint density at radius 2 is 1.55 bits per heavy atom. The van der Waals surface area contributed by atoms with Gasteiger partial charge in [-0.3, -0.25) is 0 Å². The van der Waals surface area contributed by atoms with Crippen molar-refractivity contribution < 1.29 is 27.8 Å². The van der Waals surface area contributed by atoms with Gasteiger partial charge in [0.25, 0.3) is 0 Å². The number of carbonyl (C=O) groups excluding carboxylic acids is 2. The maximum Gasteiger partial charge on any atom is 0.408 e. The molecule has 5 nitrogen and oxygen atoms in total. The normalized spacial score (nSPS) is 14.6. The maximum atomic E-state index is 13.9. The van der Waals surface area contributed by atoms with Gasteiger partial charge in [-0.1, -0.05) is 24.3 Å². The Morgan fingerprint density at radius 1 is 1.03 bits per heavy atom. The molecule has 0 saturated heterocycles. The molecule has 0 radical (unpaired) electrons. The van der Waals surface area contributed by atoms with Crippen molar-refractivity contribution in [3.05, 3.63) is 71.3 Å². The molecule has 0 aliphatic rings. The van der Waals surface area contributed by atoms with Crippen LogP contribution in [-0.2, 0) is 14.3 Å². The molecule has 1 N–H and O–H groups in total. The number of carbonyl (C=O) groups is 2. The molecular formula is C24H29F2NO4. The van der Waals surface area contributed by atoms with Gasteiger partial charge in [-0.2, -0.15) is 0 Å². The van der Waals surface area contributed by atoms with E-state index in [1.54, 1.807) is 52.0 Å². The Balaban J connectivity index is 2.22. The fourth-order valence-electron chi connectivity index (χ4n) is 3.17. The predicted molar refractivity (Wildman–Crippen MR) is 114 cm³/mol. The third kappa shape index (κ3) is 7.43. The van der Waals surface area contributed by atoms with Crippen molar-refractivity contribution in [2.24, 2.45) is 0 Å². The highest BCUT2D eigenvalue weighted by atomic mass is 19.1. The molecule has 0 spiro atoms. The van der Waals surface area contributed by atoms with E-state index in [9.17, 15) is 18.4 Å². The van der Waals surface area contributed by atoms with Gasteiger partial charge in [0, 0.05) is 5.92 Å². The molecule has 168 valence electrons. The fourth-order valence-corrected chi connectivity index (χ4v) is 3.17. The number of amides is 1. The monoisotopic (exact) mass is 433 g/mol. The van der Waals surface area contributed by atoms with E-state index in [1.165, 1.54) is 31.2 Å². The molecule has 31 heavy (non-hydrogen) atoms. The summed E-state index contributed by atoms with van der Waals surface area (Å²) in [6.45, 7) is 8.25. The van der Waals surface area contributed by atoms with Crippen molar-refractivity contribution in [2.45, 2.75) is 57.8 Å². The van der Waals surface area contributed by atoms with Crippen LogP contribution in [0.5, 0.6) is 0 Å². The van der Waals surface area contributed by atoms with Gasteiger partial charge in [-0.25, -0.2) is 13.6 Å². The molecular weight excluding hydrogens is 404 g/mol. The van der Waals surface area contributed by atoms with Crippen LogP contribution in [0.2, 0.25) is 0 Å². The summed E-state index contributed by atoms with van der Waals surface area (Å²) in [5, 5.41) is 2.52. The zero-order chi connectivity index (χ0) is 23.2. The summed E-state index contributed by atoms with van der Waals surface area (Å²) in [7, 11) is 0. The van der Waals surface area contributed by atoms with Gasteiger partial charge < -0.3 is 19.6 Å². The maximum absolute atomic E-state index is 13.9. The van der Waals surface area contributed by atoms with Gasteiger partial charge >= 0.3 is 6.09 Å². The number of halogens is 2. The summed E-state index contributed by atoms with van der Waals surface area (Å²) in [5.41, 5.74) is -0.857. The lowest BCUT2D eigenvalue weighted by atomic mass is 9.87. The van der Waals surface area contributed by atoms with Gasteiger partial charge in [0.15, 0.2) is 0 Å². The molecule has 2 rings (SSSR count). The largest absolute Gasteiger partial charge is 0.444 e. The Labute approximate surface area is 181 Å². The predicted octanol–water partition coefficient (Wildman–Crippen LogP) is 4.98. The number of ether oxygens (including phenoxy) is 2. The fraction of sp³-hybridized carbons (Fsp3) is 0.417. The van der Waals surface area contributed by atoms with Crippen LogP contribution < -0.4 is 5.32 Å². The second-order valence-electron chi connectivity index (χ2n) is 8.77. The minimum Gasteiger partial charge on any atom is -0.444 e. The van der Waals surface area contributed by atoms with Crippen LogP contribution in [0.3, 0.4) is 0 Å². The first-order valence-electron chi connectivity index (χ1n) is 10.0. The highest BCUT2D eigenvalue weighted by Crippen LogP contribution is 2.31. The average molecular weight is 433 g/mol. The number of hydrogen-bond donors (Lipinski definition) is 1. The molecule has 2 atom stereocenters. The summed E-state index contributed by atoms with van der Waals surface area (Å²) in [5.74, 6) is -1.34. The second-order valence-corrected chi connectivity index (χ2v) is 8.77. The topological polar surface area (TPSA) is 64.6 Å². The smallest absolute Gasteiger partial charge is 0.408 e. The van der Waals surface area contributed by atoms with E-state index < -0.39 is 40.9 Å². The highest BCUT2D eigenvalue weighted by molar-refractivity contribution is 5.76. The first-order valence-corrected chi connectivity index (χ1v) is 10.0. The zero-order valence-corrected chi connectivity index (χ0v) is 18.4. The van der Waals surface area contributed by atoms with Crippen LogP contribution in [0.25, 0.3) is 0 Å². The molecule has 0 fully saturated rings. The van der Waals surface area contributed by atoms with Crippen LogP contribution in [0, 0.1) is 11.6 Å². The van der Waals surface area contributed by atoms with Gasteiger partial charge in [0.1, 0.15) is 29.1 Å². The number of hydrogen-bond acceptors (Lipinski definition) is 4. The highest BCUT2D eigenvalue weighted by Gasteiger charge is 2.31. The van der Waals surface area contributed by atoms with E-state index in [1.807, 2.05) is 0 Å². The van der Waals surface area contributed by atoms with Gasteiger partial charge in [0.2, 0.25) is 0 Å². The second kappa shape index (κ2) is 10.0. The zero-order valence-electron chi connectivity index (χ0n) is 18.4. The Morgan fingerprint density at radius 3 is 1.97 bits per heavy atom. The van der Waals surface area contributed by atoms with Gasteiger partial charge in [0.05, 0.1) is 12.7 Å². The van der Waals surface area contributed by atoms with Gasteiger partial charge in [-0.05, 0) is 70.0 Å². The summed E-state index contributed by atoms with van der Waals surface area (Å²) >= 11 is 0. The lowest BCUT2D eigenvalue weighted by molar-refractivity contribution is -0.116. The van der Waals surface area contributed by atoms with Crippen molar-refractivity contribution in [1.82, 2.24) is 5.32 Å². The standard InChI is InChI=1S/C24H29F2NO4/c1-16(30-15-24(5,14-28)27-22(29)31-23(2,3)4)21(17-8-6-10-19(25)12-17)18-9-7-11-20(26)13-18/h6-14,16,21H,15H2,1-5H3,(H,27,29)/t16-,24+/m0/s1. The lowest BCUT2D eigenvalue weighted by Crippen LogP contribution is -2.52. The molecule has 2 aromatic rings. The number of benzene rings is 2. The quantitative estimate of drug-likeness (QED) is 0.596. The van der Waals surface area contributed by atoms with Crippen LogP contribution in [0.15, 0.2) is 48.5 Å². The van der Waals surface area contributed by atoms with E-state index in [4.69, 9.17) is 9.47 Å². The van der Waals surface area contributed by atoms with Crippen LogP contribution in [0.1, 0.15) is 51.7 Å². The van der Waals surface area contributed by atoms with Crippen molar-refractivity contribution in [1.29, 1.82) is 0 Å². The third-order valence-corrected chi connectivity index (χ3v) is 4.58. The Bertz CT molecular complexity index is 867. The summed E-state index contributed by atoms with van der Waals surface area (Å²) in [6.07, 6.45) is -0.739. The van der Waals surface area contributed by atoms with E-state index in [2.05, 4.69) is 5.32 Å². The first kappa shape index (κ1) is 24.5. The summed E-state index contributed by atoms with van der Waals surface area (Å²) in [6, 6.07) is 12.0. The number of rotatable bonds is 8. The Hall–Kier alpha value is -2.80. The number of aldehydes is 1. The molecule has 7 heteroatoms. The van der Waals surface area contributed by atoms with E-state index in [0.717, 1.165) is 0 Å². The first-order chi connectivity index (χ1) is 14.4. The molecule has 0 heterocycles. The molecule has 2 aromatic carbocycles. The molecule has 0 aliphatic carbocycles. The summed E-state index contributed by atoms with van der Waals surface area (Å²) in [4.78, 5) is 23.8. The Kier molecular flexibility index (Phi) is 7.90. The van der Waals surface area contributed by atoms with Crippen LogP contribution in [-0.4, -0.2) is 36.2 Å². The molecule has 0 saturated carbocycles. The third-order valence-electron chi connectivity index (χ3n) is 4.58. The lowest BCUT2D eigenvalue weighted by Gasteiger charge is -2.31. The van der Waals surface area contributed by atoms with Crippen molar-refractivity contribution in [2.75, 3.05) is 6.61 Å². The van der Waals surface area contributed by atoms with Crippen molar-refractivity contribution >= 4 is 12.4 Å². The average Bonchev–Trinajstić information content (AvgIpc) is 2.65. The minimum atomic E-state index is -1.34. The van der Waals surface area contributed by atoms with Crippen LogP contribution >= 0.6 is 0 Å². The van der Waals surface area contributed by atoms with Crippen molar-refractivity contribution in [3.8, 4) is 0 Å². The van der Waals surface area contributed by atoms with Gasteiger partial charge in [-0.15, -0.1) is 0 Å². The molecule has 0 aromatic heterocycles. The van der Waals surface area contributed by atoms with E-state index in [-0.39, 0.29) is 6.61 Å². The van der Waals surface area contributed by atoms with Crippen LogP contribution in [0.4, 0.5) is 13.6 Å².